The minimum absolute atomic E-state index is 0.264. The smallest absolute Gasteiger partial charge is 0.338 e. The molecule has 0 radical (unpaired) electrons. The van der Waals surface area contributed by atoms with E-state index in [1.165, 1.54) is 24.8 Å². The van der Waals surface area contributed by atoms with Crippen LogP contribution in [0, 0.1) is 0 Å². The molecule has 2 aromatic carbocycles. The maximum Gasteiger partial charge on any atom is 0.338 e. The zero-order valence-electron chi connectivity index (χ0n) is 23.3. The third-order valence-electron chi connectivity index (χ3n) is 7.40. The first-order chi connectivity index (χ1) is 19.2. The van der Waals surface area contributed by atoms with Crippen LogP contribution in [0.5, 0.6) is 0 Å². The number of carbonyl (C=O) groups excluding carboxylic acids is 3. The van der Waals surface area contributed by atoms with Gasteiger partial charge in [0.25, 0.3) is 0 Å². The minimum Gasteiger partial charge on any atom is -0.456 e. The van der Waals surface area contributed by atoms with Gasteiger partial charge in [-0.25, -0.2) is 14.6 Å². The fraction of sp³-hybridized carbons (Fsp3) is 0.375. The number of hydrogen-bond donors (Lipinski definition) is 2. The molecule has 3 amide bonds. The Kier molecular flexibility index (Phi) is 7.87. The molecule has 40 heavy (non-hydrogen) atoms. The van der Waals surface area contributed by atoms with Gasteiger partial charge < -0.3 is 20.3 Å². The van der Waals surface area contributed by atoms with Crippen LogP contribution in [-0.4, -0.2) is 46.0 Å². The molecule has 2 heterocycles. The first-order valence-corrected chi connectivity index (χ1v) is 13.9. The second-order valence-corrected chi connectivity index (χ2v) is 11.5. The summed E-state index contributed by atoms with van der Waals surface area (Å²) in [5, 5.41) is 5.80. The van der Waals surface area contributed by atoms with Gasteiger partial charge in [0.05, 0.1) is 5.56 Å². The predicted octanol–water partition coefficient (Wildman–Crippen LogP) is 6.61. The summed E-state index contributed by atoms with van der Waals surface area (Å²) in [4.78, 5) is 44.6. The molecule has 0 bridgehead atoms. The molecule has 2 N–H and O–H groups in total. The Bertz CT molecular complexity index is 1380. The molecular weight excluding hydrogens is 504 g/mol. The molecule has 2 aliphatic rings. The van der Waals surface area contributed by atoms with Gasteiger partial charge in [0.2, 0.25) is 5.91 Å². The molecule has 1 aliphatic heterocycles. The standard InChI is InChI=1S/C32H36N4O4/c1-32(2,3)40-30(38)24-10-5-9-23(19-24)25-14-17-28(33-20-25)35-29(37)27-11-6-18-36(27)31(39)34-26-15-12-22(13-16-26)21-7-4-8-21/h5,9-10,12-17,19-21,27H,4,6-8,11,18H2,1-3H3,(H,34,39)(H,33,35,37)/t27-/m1/s1. The number of likely N-dealkylation sites (tertiary alicyclic amines) is 1. The molecular formula is C32H36N4O4. The summed E-state index contributed by atoms with van der Waals surface area (Å²) in [5.41, 5.74) is 3.54. The highest BCUT2D eigenvalue weighted by Gasteiger charge is 2.34. The third kappa shape index (κ3) is 6.50. The molecule has 8 heteroatoms. The number of esters is 1. The van der Waals surface area contributed by atoms with Crippen molar-refractivity contribution in [2.24, 2.45) is 0 Å². The van der Waals surface area contributed by atoms with Crippen molar-refractivity contribution in [1.29, 1.82) is 0 Å². The predicted molar refractivity (Wildman–Crippen MR) is 155 cm³/mol. The van der Waals surface area contributed by atoms with Crippen LogP contribution in [0.2, 0.25) is 0 Å². The number of ether oxygens (including phenoxy) is 1. The number of nitrogens with one attached hydrogen (secondary N) is 2. The average Bonchev–Trinajstić information content (AvgIpc) is 3.39. The summed E-state index contributed by atoms with van der Waals surface area (Å²) in [6, 6.07) is 17.9. The second kappa shape index (κ2) is 11.5. The van der Waals surface area contributed by atoms with E-state index in [2.05, 4.69) is 27.8 Å². The lowest BCUT2D eigenvalue weighted by atomic mass is 9.80. The largest absolute Gasteiger partial charge is 0.456 e. The summed E-state index contributed by atoms with van der Waals surface area (Å²) in [5.74, 6) is 0.388. The van der Waals surface area contributed by atoms with Crippen LogP contribution in [0.1, 0.15) is 74.7 Å². The van der Waals surface area contributed by atoms with Crippen molar-refractivity contribution in [3.8, 4) is 11.1 Å². The lowest BCUT2D eigenvalue weighted by molar-refractivity contribution is -0.119. The molecule has 1 aliphatic carbocycles. The normalized spacial score (nSPS) is 17.2. The summed E-state index contributed by atoms with van der Waals surface area (Å²) in [7, 11) is 0. The number of amides is 3. The molecule has 1 saturated heterocycles. The van der Waals surface area contributed by atoms with Crippen molar-refractivity contribution in [2.45, 2.75) is 70.4 Å². The highest BCUT2D eigenvalue weighted by molar-refractivity contribution is 5.99. The van der Waals surface area contributed by atoms with Crippen molar-refractivity contribution in [1.82, 2.24) is 9.88 Å². The van der Waals surface area contributed by atoms with Gasteiger partial charge in [0.15, 0.2) is 0 Å². The van der Waals surface area contributed by atoms with Crippen LogP contribution in [0.4, 0.5) is 16.3 Å². The van der Waals surface area contributed by atoms with E-state index in [9.17, 15) is 14.4 Å². The van der Waals surface area contributed by atoms with Crippen LogP contribution in [-0.2, 0) is 9.53 Å². The van der Waals surface area contributed by atoms with E-state index < -0.39 is 11.6 Å². The van der Waals surface area contributed by atoms with Gasteiger partial charge in [-0.3, -0.25) is 4.79 Å². The lowest BCUT2D eigenvalue weighted by Crippen LogP contribution is -2.45. The van der Waals surface area contributed by atoms with Crippen molar-refractivity contribution < 1.29 is 19.1 Å². The quantitative estimate of drug-likeness (QED) is 0.343. The highest BCUT2D eigenvalue weighted by atomic mass is 16.6. The van der Waals surface area contributed by atoms with Crippen LogP contribution < -0.4 is 10.6 Å². The lowest BCUT2D eigenvalue weighted by Gasteiger charge is -2.26. The first kappa shape index (κ1) is 27.4. The first-order valence-electron chi connectivity index (χ1n) is 13.9. The van der Waals surface area contributed by atoms with Crippen molar-refractivity contribution >= 4 is 29.4 Å². The van der Waals surface area contributed by atoms with Gasteiger partial charge in [-0.05, 0) is 99.9 Å². The Hall–Kier alpha value is -4.20. The Labute approximate surface area is 235 Å². The Morgan fingerprint density at radius 2 is 1.68 bits per heavy atom. The van der Waals surface area contributed by atoms with Crippen molar-refractivity contribution in [2.75, 3.05) is 17.2 Å². The molecule has 8 nitrogen and oxygen atoms in total. The highest BCUT2D eigenvalue weighted by Crippen LogP contribution is 2.36. The number of nitrogens with zero attached hydrogens (tertiary/aromatic N) is 2. The number of carbonyl (C=O) groups is 3. The summed E-state index contributed by atoms with van der Waals surface area (Å²) in [6.07, 6.45) is 6.74. The van der Waals surface area contributed by atoms with Gasteiger partial charge in [0.1, 0.15) is 17.5 Å². The van der Waals surface area contributed by atoms with E-state index in [1.54, 1.807) is 35.4 Å². The molecule has 1 saturated carbocycles. The Morgan fingerprint density at radius 1 is 0.900 bits per heavy atom. The van der Waals surface area contributed by atoms with Crippen LogP contribution in [0.25, 0.3) is 11.1 Å². The summed E-state index contributed by atoms with van der Waals surface area (Å²) >= 11 is 0. The number of rotatable bonds is 6. The van der Waals surface area contributed by atoms with Gasteiger partial charge in [0, 0.05) is 24.0 Å². The van der Waals surface area contributed by atoms with E-state index in [0.29, 0.717) is 30.3 Å². The van der Waals surface area contributed by atoms with Crippen molar-refractivity contribution in [3.63, 3.8) is 0 Å². The Balaban J connectivity index is 1.19. The van der Waals surface area contributed by atoms with E-state index >= 15 is 0 Å². The number of urea groups is 1. The molecule has 0 unspecified atom stereocenters. The molecule has 0 spiro atoms. The van der Waals surface area contributed by atoms with E-state index in [0.717, 1.165) is 23.2 Å². The van der Waals surface area contributed by atoms with Crippen LogP contribution >= 0.6 is 0 Å². The topological polar surface area (TPSA) is 101 Å². The average molecular weight is 541 g/mol. The number of benzene rings is 2. The number of hydrogen-bond acceptors (Lipinski definition) is 5. The van der Waals surface area contributed by atoms with Crippen molar-refractivity contribution in [3.05, 3.63) is 78.0 Å². The van der Waals surface area contributed by atoms with Crippen LogP contribution in [0.15, 0.2) is 66.9 Å². The summed E-state index contributed by atoms with van der Waals surface area (Å²) in [6.45, 7) is 6.01. The fourth-order valence-corrected chi connectivity index (χ4v) is 5.07. The van der Waals surface area contributed by atoms with E-state index in [-0.39, 0.29) is 17.9 Å². The monoisotopic (exact) mass is 540 g/mol. The second-order valence-electron chi connectivity index (χ2n) is 11.5. The maximum atomic E-state index is 13.1. The number of anilines is 2. The van der Waals surface area contributed by atoms with Gasteiger partial charge >= 0.3 is 12.0 Å². The molecule has 2 fully saturated rings. The van der Waals surface area contributed by atoms with Gasteiger partial charge in [-0.2, -0.15) is 0 Å². The van der Waals surface area contributed by atoms with E-state index in [4.69, 9.17) is 4.74 Å². The van der Waals surface area contributed by atoms with E-state index in [1.807, 2.05) is 45.0 Å². The summed E-state index contributed by atoms with van der Waals surface area (Å²) < 4.78 is 5.47. The number of aromatic nitrogens is 1. The zero-order chi connectivity index (χ0) is 28.3. The molecule has 208 valence electrons. The number of pyridine rings is 1. The molecule has 3 aromatic rings. The molecule has 5 rings (SSSR count). The molecule has 1 aromatic heterocycles. The van der Waals surface area contributed by atoms with Gasteiger partial charge in [-0.15, -0.1) is 0 Å². The maximum absolute atomic E-state index is 13.1. The van der Waals surface area contributed by atoms with Gasteiger partial charge in [-0.1, -0.05) is 30.7 Å². The SMILES string of the molecule is CC(C)(C)OC(=O)c1cccc(-c2ccc(NC(=O)[C@H]3CCCN3C(=O)Nc3ccc(C4CCC4)cc3)nc2)c1. The fourth-order valence-electron chi connectivity index (χ4n) is 5.07. The zero-order valence-corrected chi connectivity index (χ0v) is 23.3. The third-order valence-corrected chi connectivity index (χ3v) is 7.40. The van der Waals surface area contributed by atoms with Crippen LogP contribution in [0.3, 0.4) is 0 Å². The molecule has 1 atom stereocenters. The minimum atomic E-state index is -0.579. The Morgan fingerprint density at radius 3 is 2.33 bits per heavy atom.